The molecule has 0 radical (unpaired) electrons. The number of hydrazine groups is 1. The predicted molar refractivity (Wildman–Crippen MR) is 105 cm³/mol. The Bertz CT molecular complexity index is 957. The van der Waals surface area contributed by atoms with E-state index in [2.05, 4.69) is 31.0 Å². The van der Waals surface area contributed by atoms with E-state index in [1.54, 1.807) is 7.05 Å². The first-order valence-corrected chi connectivity index (χ1v) is 8.24. The van der Waals surface area contributed by atoms with E-state index in [9.17, 15) is 9.59 Å². The quantitative estimate of drug-likeness (QED) is 0.243. The molecule has 1 aromatic heterocycles. The summed E-state index contributed by atoms with van der Waals surface area (Å²) in [4.78, 5) is 27.5. The number of nitrogens with zero attached hydrogens (tertiary/aromatic N) is 2. The van der Waals surface area contributed by atoms with Gasteiger partial charge in [0.2, 0.25) is 6.41 Å². The molecule has 0 aliphatic heterocycles. The van der Waals surface area contributed by atoms with Gasteiger partial charge in [-0.3, -0.25) is 25.6 Å². The maximum Gasteiger partial charge on any atom is 0.340 e. The van der Waals surface area contributed by atoms with Crippen molar-refractivity contribution < 1.29 is 4.79 Å². The molecule has 0 saturated carbocycles. The average Bonchev–Trinajstić information content (AvgIpc) is 3.10. The highest BCUT2D eigenvalue weighted by molar-refractivity contribution is 5.99. The Morgan fingerprint density at radius 2 is 1.85 bits per heavy atom. The van der Waals surface area contributed by atoms with Crippen LogP contribution in [-0.4, -0.2) is 34.5 Å². The second-order valence-electron chi connectivity index (χ2n) is 5.72. The molecular formula is C19H22N6O2. The second kappa shape index (κ2) is 9.71. The van der Waals surface area contributed by atoms with Crippen molar-refractivity contribution in [2.75, 3.05) is 7.05 Å². The van der Waals surface area contributed by atoms with Gasteiger partial charge in [-0.1, -0.05) is 53.6 Å². The van der Waals surface area contributed by atoms with E-state index in [1.807, 2.05) is 62.4 Å². The Morgan fingerprint density at radius 1 is 1.11 bits per heavy atom. The summed E-state index contributed by atoms with van der Waals surface area (Å²) >= 11 is 0. The van der Waals surface area contributed by atoms with Crippen molar-refractivity contribution in [1.29, 1.82) is 0 Å². The summed E-state index contributed by atoms with van der Waals surface area (Å²) in [5, 5.41) is 6.14. The molecule has 8 nitrogen and oxygen atoms in total. The van der Waals surface area contributed by atoms with Gasteiger partial charge in [0, 0.05) is 18.2 Å². The van der Waals surface area contributed by atoms with E-state index in [-0.39, 0.29) is 5.69 Å². The van der Waals surface area contributed by atoms with Gasteiger partial charge in [-0.05, 0) is 19.9 Å². The molecule has 0 saturated heterocycles. The number of carbonyl (C=O) groups excluding carboxylic acids is 1. The Kier molecular flexibility index (Phi) is 7.07. The van der Waals surface area contributed by atoms with E-state index in [0.717, 1.165) is 16.7 Å². The number of aromatic nitrogens is 3. The van der Waals surface area contributed by atoms with E-state index in [4.69, 9.17) is 0 Å². The maximum atomic E-state index is 10.8. The van der Waals surface area contributed by atoms with Crippen molar-refractivity contribution in [3.63, 3.8) is 0 Å². The summed E-state index contributed by atoms with van der Waals surface area (Å²) < 4.78 is 0. The fraction of sp³-hybridized carbons (Fsp3) is 0.158. The van der Waals surface area contributed by atoms with Gasteiger partial charge in [0.25, 0.3) is 0 Å². The zero-order chi connectivity index (χ0) is 19.6. The molecule has 1 amide bonds. The van der Waals surface area contributed by atoms with Gasteiger partial charge in [0.05, 0.1) is 0 Å². The molecular weight excluding hydrogens is 344 g/mol. The number of aromatic amines is 2. The van der Waals surface area contributed by atoms with Gasteiger partial charge >= 0.3 is 5.69 Å². The molecule has 0 bridgehead atoms. The van der Waals surface area contributed by atoms with Gasteiger partial charge in [0.1, 0.15) is 5.84 Å². The molecule has 0 fully saturated rings. The van der Waals surface area contributed by atoms with Crippen molar-refractivity contribution in [2.45, 2.75) is 13.8 Å². The summed E-state index contributed by atoms with van der Waals surface area (Å²) in [6, 6.07) is 15.6. The van der Waals surface area contributed by atoms with Gasteiger partial charge in [-0.2, -0.15) is 5.10 Å². The van der Waals surface area contributed by atoms with Crippen LogP contribution in [0.1, 0.15) is 16.7 Å². The number of H-pyrrole nitrogens is 2. The van der Waals surface area contributed by atoms with Crippen LogP contribution in [0.2, 0.25) is 0 Å². The molecule has 1 heterocycles. The lowest BCUT2D eigenvalue weighted by Gasteiger charge is -2.07. The average molecular weight is 366 g/mol. The summed E-state index contributed by atoms with van der Waals surface area (Å²) in [6.07, 6.45) is 0.570. The number of nitrogens with one attached hydrogen (secondary N) is 4. The largest absolute Gasteiger partial charge is 0.340 e. The third kappa shape index (κ3) is 5.96. The molecule has 8 heteroatoms. The molecule has 2 aromatic carbocycles. The number of hydrogen-bond donors (Lipinski definition) is 4. The lowest BCUT2D eigenvalue weighted by Crippen LogP contribution is -2.36. The van der Waals surface area contributed by atoms with Crippen LogP contribution < -0.4 is 16.5 Å². The molecule has 3 aromatic rings. The number of carbonyl (C=O) groups is 1. The third-order valence-electron chi connectivity index (χ3n) is 3.59. The van der Waals surface area contributed by atoms with Crippen molar-refractivity contribution >= 4 is 12.2 Å². The topological polar surface area (TPSA) is 115 Å². The Balaban J connectivity index is 0.000000194. The van der Waals surface area contributed by atoms with E-state index >= 15 is 0 Å². The first-order valence-electron chi connectivity index (χ1n) is 8.24. The number of amides is 1. The normalized spacial score (nSPS) is 10.6. The lowest BCUT2D eigenvalue weighted by molar-refractivity contribution is -0.110. The zero-order valence-electron chi connectivity index (χ0n) is 15.4. The van der Waals surface area contributed by atoms with Gasteiger partial charge in [-0.15, -0.1) is 0 Å². The molecule has 4 N–H and O–H groups in total. The fourth-order valence-corrected chi connectivity index (χ4v) is 2.27. The molecule has 0 unspecified atom stereocenters. The zero-order valence-corrected chi connectivity index (χ0v) is 15.4. The molecule has 27 heavy (non-hydrogen) atoms. The van der Waals surface area contributed by atoms with Crippen LogP contribution in [0.5, 0.6) is 0 Å². The van der Waals surface area contributed by atoms with Crippen molar-refractivity contribution in [3.8, 4) is 11.4 Å². The number of benzene rings is 2. The predicted octanol–water partition coefficient (Wildman–Crippen LogP) is 1.70. The molecule has 0 aliphatic carbocycles. The number of aliphatic imine (C=N–C) groups is 1. The maximum absolute atomic E-state index is 10.8. The van der Waals surface area contributed by atoms with Crippen molar-refractivity contribution in [1.82, 2.24) is 26.0 Å². The third-order valence-corrected chi connectivity index (χ3v) is 3.59. The molecule has 0 aliphatic rings. The molecule has 3 rings (SSSR count). The van der Waals surface area contributed by atoms with Crippen LogP contribution in [0.4, 0.5) is 0 Å². The SMILES string of the molecule is CN=C(NNC=O)c1cccc(C)c1.Cc1ccc(-c2n[nH]c(=O)[nH]2)cc1. The molecule has 0 spiro atoms. The summed E-state index contributed by atoms with van der Waals surface area (Å²) in [5.74, 6) is 1.21. The van der Waals surface area contributed by atoms with E-state index in [0.29, 0.717) is 18.1 Å². The van der Waals surface area contributed by atoms with Crippen LogP contribution in [-0.2, 0) is 4.79 Å². The highest BCUT2D eigenvalue weighted by atomic mass is 16.1. The standard InChI is InChI=1S/C10H13N3O.C9H9N3O/c1-8-4-3-5-9(6-8)10(11-2)13-12-7-14;1-6-2-4-7(5-3-6)8-10-9(13)12-11-8/h3-7H,1-2H3,(H,11,13)(H,12,14);2-5H,1H3,(H2,10,11,12,13). The van der Waals surface area contributed by atoms with Crippen LogP contribution in [0.15, 0.2) is 58.3 Å². The minimum atomic E-state index is -0.282. The Morgan fingerprint density at radius 3 is 2.41 bits per heavy atom. The number of hydrogen-bond acceptors (Lipinski definition) is 4. The van der Waals surface area contributed by atoms with Crippen molar-refractivity contribution in [2.24, 2.45) is 4.99 Å². The van der Waals surface area contributed by atoms with Crippen LogP contribution in [0.25, 0.3) is 11.4 Å². The summed E-state index contributed by atoms with van der Waals surface area (Å²) in [6.45, 7) is 4.01. The second-order valence-corrected chi connectivity index (χ2v) is 5.72. The number of amidine groups is 1. The first kappa shape index (κ1) is 19.6. The summed E-state index contributed by atoms with van der Waals surface area (Å²) in [5.41, 5.74) is 8.95. The Labute approximate surface area is 156 Å². The summed E-state index contributed by atoms with van der Waals surface area (Å²) in [7, 11) is 1.66. The van der Waals surface area contributed by atoms with Gasteiger partial charge in [0.15, 0.2) is 5.82 Å². The van der Waals surface area contributed by atoms with Gasteiger partial charge < -0.3 is 0 Å². The molecule has 0 atom stereocenters. The van der Waals surface area contributed by atoms with Crippen molar-refractivity contribution in [3.05, 3.63) is 75.7 Å². The van der Waals surface area contributed by atoms with Crippen LogP contribution >= 0.6 is 0 Å². The Hall–Kier alpha value is -3.68. The van der Waals surface area contributed by atoms with E-state index < -0.39 is 0 Å². The number of rotatable bonds is 4. The highest BCUT2D eigenvalue weighted by Crippen LogP contribution is 2.12. The van der Waals surface area contributed by atoms with Gasteiger partial charge in [-0.25, -0.2) is 9.89 Å². The highest BCUT2D eigenvalue weighted by Gasteiger charge is 2.01. The van der Waals surface area contributed by atoms with E-state index in [1.165, 1.54) is 5.56 Å². The minimum Gasteiger partial charge on any atom is -0.289 e. The van der Waals surface area contributed by atoms with Crippen LogP contribution in [0, 0.1) is 13.8 Å². The van der Waals surface area contributed by atoms with Crippen LogP contribution in [0.3, 0.4) is 0 Å². The monoisotopic (exact) mass is 366 g/mol. The number of aryl methyl sites for hydroxylation is 2. The molecule has 140 valence electrons. The smallest absolute Gasteiger partial charge is 0.289 e. The first-order chi connectivity index (χ1) is 13.0. The lowest BCUT2D eigenvalue weighted by atomic mass is 10.1. The minimum absolute atomic E-state index is 0.282. The fourth-order valence-electron chi connectivity index (χ4n) is 2.27.